The van der Waals surface area contributed by atoms with Crippen LogP contribution in [0.25, 0.3) is 10.9 Å². The van der Waals surface area contributed by atoms with Crippen LogP contribution in [0.15, 0.2) is 30.5 Å². The first-order valence-electron chi connectivity index (χ1n) is 6.05. The van der Waals surface area contributed by atoms with Crippen LogP contribution in [0.1, 0.15) is 20.8 Å². The molecule has 2 rings (SSSR count). The molecule has 0 unspecified atom stereocenters. The fraction of sp³-hybridized carbons (Fsp3) is 0.357. The minimum Gasteiger partial charge on any atom is -0.398 e. The molecule has 90 valence electrons. The SMILES string of the molecule is CCN(c1ccc(N)c2cccnc12)C(C)C. The predicted molar refractivity (Wildman–Crippen MR) is 74.3 cm³/mol. The van der Waals surface area contributed by atoms with Gasteiger partial charge in [-0.25, -0.2) is 0 Å². The van der Waals surface area contributed by atoms with Gasteiger partial charge < -0.3 is 10.6 Å². The number of pyridine rings is 1. The molecule has 1 heterocycles. The van der Waals surface area contributed by atoms with E-state index in [0.717, 1.165) is 28.8 Å². The van der Waals surface area contributed by atoms with Crippen LogP contribution in [0, 0.1) is 0 Å². The molecule has 0 saturated heterocycles. The van der Waals surface area contributed by atoms with Crippen LogP contribution in [-0.4, -0.2) is 17.6 Å². The Kier molecular flexibility index (Phi) is 3.18. The highest BCUT2D eigenvalue weighted by atomic mass is 15.2. The second kappa shape index (κ2) is 4.62. The molecule has 0 atom stereocenters. The summed E-state index contributed by atoms with van der Waals surface area (Å²) in [6, 6.07) is 8.43. The molecule has 1 aromatic carbocycles. The minimum atomic E-state index is 0.453. The summed E-state index contributed by atoms with van der Waals surface area (Å²) < 4.78 is 0. The Hall–Kier alpha value is -1.77. The van der Waals surface area contributed by atoms with Gasteiger partial charge in [-0.05, 0) is 45.0 Å². The summed E-state index contributed by atoms with van der Waals surface area (Å²) in [5.41, 5.74) is 8.92. The maximum absolute atomic E-state index is 5.98. The summed E-state index contributed by atoms with van der Waals surface area (Å²) >= 11 is 0. The molecule has 1 aromatic heterocycles. The molecular formula is C14H19N3. The van der Waals surface area contributed by atoms with Gasteiger partial charge in [0, 0.05) is 29.9 Å². The van der Waals surface area contributed by atoms with Crippen molar-refractivity contribution >= 4 is 22.3 Å². The van der Waals surface area contributed by atoms with E-state index in [1.165, 1.54) is 0 Å². The van der Waals surface area contributed by atoms with Crippen molar-refractivity contribution in [3.8, 4) is 0 Å². The van der Waals surface area contributed by atoms with Crippen molar-refractivity contribution in [2.24, 2.45) is 0 Å². The third kappa shape index (κ3) is 2.05. The highest BCUT2D eigenvalue weighted by Gasteiger charge is 2.13. The van der Waals surface area contributed by atoms with Gasteiger partial charge in [0.25, 0.3) is 0 Å². The van der Waals surface area contributed by atoms with Gasteiger partial charge in [-0.1, -0.05) is 0 Å². The number of nitrogen functional groups attached to an aromatic ring is 1. The normalized spacial score (nSPS) is 11.1. The number of hydrogen-bond acceptors (Lipinski definition) is 3. The van der Waals surface area contributed by atoms with E-state index in [1.807, 2.05) is 24.4 Å². The zero-order valence-electron chi connectivity index (χ0n) is 10.6. The van der Waals surface area contributed by atoms with Gasteiger partial charge in [0.1, 0.15) is 0 Å². The lowest BCUT2D eigenvalue weighted by atomic mass is 10.1. The Bertz CT molecular complexity index is 520. The molecule has 2 aromatic rings. The molecule has 0 fully saturated rings. The second-order valence-corrected chi connectivity index (χ2v) is 4.45. The highest BCUT2D eigenvalue weighted by molar-refractivity contribution is 5.98. The average Bonchev–Trinajstić information content (AvgIpc) is 2.33. The lowest BCUT2D eigenvalue weighted by Crippen LogP contribution is -2.30. The fourth-order valence-corrected chi connectivity index (χ4v) is 2.23. The molecule has 0 bridgehead atoms. The number of benzene rings is 1. The lowest BCUT2D eigenvalue weighted by molar-refractivity contribution is 0.705. The molecule has 3 heteroatoms. The van der Waals surface area contributed by atoms with Crippen molar-refractivity contribution in [2.45, 2.75) is 26.8 Å². The zero-order chi connectivity index (χ0) is 12.4. The van der Waals surface area contributed by atoms with Gasteiger partial charge in [0.2, 0.25) is 0 Å². The maximum atomic E-state index is 5.98. The summed E-state index contributed by atoms with van der Waals surface area (Å²) in [5, 5.41) is 1.03. The molecule has 17 heavy (non-hydrogen) atoms. The molecule has 0 aliphatic rings. The number of anilines is 2. The van der Waals surface area contributed by atoms with Crippen molar-refractivity contribution in [2.75, 3.05) is 17.2 Å². The minimum absolute atomic E-state index is 0.453. The molecule has 0 aliphatic carbocycles. The number of nitrogens with two attached hydrogens (primary N) is 1. The fourth-order valence-electron chi connectivity index (χ4n) is 2.23. The lowest BCUT2D eigenvalue weighted by Gasteiger charge is -2.28. The molecule has 0 spiro atoms. The topological polar surface area (TPSA) is 42.1 Å². The maximum Gasteiger partial charge on any atom is 0.0956 e. The van der Waals surface area contributed by atoms with Gasteiger partial charge in [-0.3, -0.25) is 4.98 Å². The first-order valence-corrected chi connectivity index (χ1v) is 6.05. The Balaban J connectivity index is 2.66. The number of hydrogen-bond donors (Lipinski definition) is 1. The summed E-state index contributed by atoms with van der Waals surface area (Å²) in [6.07, 6.45) is 1.82. The van der Waals surface area contributed by atoms with Gasteiger partial charge in [0.05, 0.1) is 11.2 Å². The molecule has 2 N–H and O–H groups in total. The quantitative estimate of drug-likeness (QED) is 0.822. The van der Waals surface area contributed by atoms with Crippen molar-refractivity contribution in [3.05, 3.63) is 30.5 Å². The number of rotatable bonds is 3. The Morgan fingerprint density at radius 2 is 2.06 bits per heavy atom. The number of fused-ring (bicyclic) bond motifs is 1. The van der Waals surface area contributed by atoms with Gasteiger partial charge in [-0.15, -0.1) is 0 Å². The van der Waals surface area contributed by atoms with E-state index in [9.17, 15) is 0 Å². The largest absolute Gasteiger partial charge is 0.398 e. The number of nitrogens with zero attached hydrogens (tertiary/aromatic N) is 2. The van der Waals surface area contributed by atoms with Crippen molar-refractivity contribution in [3.63, 3.8) is 0 Å². The monoisotopic (exact) mass is 229 g/mol. The van der Waals surface area contributed by atoms with Crippen LogP contribution in [0.4, 0.5) is 11.4 Å². The molecule has 0 radical (unpaired) electrons. The first kappa shape index (κ1) is 11.7. The van der Waals surface area contributed by atoms with Gasteiger partial charge >= 0.3 is 0 Å². The van der Waals surface area contributed by atoms with Crippen LogP contribution < -0.4 is 10.6 Å². The first-order chi connectivity index (χ1) is 8.15. The van der Waals surface area contributed by atoms with E-state index in [1.54, 1.807) is 0 Å². The van der Waals surface area contributed by atoms with Crippen molar-refractivity contribution in [1.82, 2.24) is 4.98 Å². The summed E-state index contributed by atoms with van der Waals surface area (Å²) in [4.78, 5) is 6.80. The van der Waals surface area contributed by atoms with Crippen LogP contribution in [0.2, 0.25) is 0 Å². The van der Waals surface area contributed by atoms with Crippen LogP contribution in [-0.2, 0) is 0 Å². The van der Waals surface area contributed by atoms with E-state index >= 15 is 0 Å². The number of aromatic nitrogens is 1. The third-order valence-corrected chi connectivity index (χ3v) is 3.06. The molecular weight excluding hydrogens is 210 g/mol. The predicted octanol–water partition coefficient (Wildman–Crippen LogP) is 3.05. The van der Waals surface area contributed by atoms with Crippen molar-refractivity contribution < 1.29 is 0 Å². The Morgan fingerprint density at radius 3 is 2.71 bits per heavy atom. The highest BCUT2D eigenvalue weighted by Crippen LogP contribution is 2.29. The van der Waals surface area contributed by atoms with Crippen LogP contribution >= 0.6 is 0 Å². The zero-order valence-corrected chi connectivity index (χ0v) is 10.6. The van der Waals surface area contributed by atoms with E-state index in [0.29, 0.717) is 6.04 Å². The molecule has 3 nitrogen and oxygen atoms in total. The third-order valence-electron chi connectivity index (χ3n) is 3.06. The average molecular weight is 229 g/mol. The Labute approximate surface area is 102 Å². The van der Waals surface area contributed by atoms with E-state index in [2.05, 4.69) is 36.7 Å². The molecule has 0 saturated carbocycles. The van der Waals surface area contributed by atoms with Gasteiger partial charge in [0.15, 0.2) is 0 Å². The molecule has 0 aliphatic heterocycles. The standard InChI is InChI=1S/C14H19N3/c1-4-17(10(2)3)13-8-7-12(15)11-6-5-9-16-14(11)13/h5-10H,4,15H2,1-3H3. The summed E-state index contributed by atoms with van der Waals surface area (Å²) in [6.45, 7) is 7.50. The summed E-state index contributed by atoms with van der Waals surface area (Å²) in [7, 11) is 0. The van der Waals surface area contributed by atoms with Crippen molar-refractivity contribution in [1.29, 1.82) is 0 Å². The second-order valence-electron chi connectivity index (χ2n) is 4.45. The molecule has 0 amide bonds. The van der Waals surface area contributed by atoms with Crippen LogP contribution in [0.3, 0.4) is 0 Å². The van der Waals surface area contributed by atoms with E-state index in [4.69, 9.17) is 5.73 Å². The smallest absolute Gasteiger partial charge is 0.0956 e. The van der Waals surface area contributed by atoms with Gasteiger partial charge in [-0.2, -0.15) is 0 Å². The summed E-state index contributed by atoms with van der Waals surface area (Å²) in [5.74, 6) is 0. The van der Waals surface area contributed by atoms with E-state index < -0.39 is 0 Å². The van der Waals surface area contributed by atoms with E-state index in [-0.39, 0.29) is 0 Å². The Morgan fingerprint density at radius 1 is 1.29 bits per heavy atom. The van der Waals surface area contributed by atoms with Crippen LogP contribution in [0.5, 0.6) is 0 Å².